The van der Waals surface area contributed by atoms with Crippen LogP contribution in [0.25, 0.3) is 0 Å². The number of aliphatic hydroxyl groups excluding tert-OH is 1. The number of esters is 1. The Kier molecular flexibility index (Phi) is 6.30. The largest absolute Gasteiger partial charge is 0.481 e. The number of hydrogen-bond acceptors (Lipinski definition) is 4. The normalized spacial score (nSPS) is 52.7. The molecule has 0 aromatic rings. The number of carboxylic acid groups (broad SMARTS) is 1. The second kappa shape index (κ2) is 8.57. The zero-order valence-electron chi connectivity index (χ0n) is 24.1. The highest BCUT2D eigenvalue weighted by atomic mass is 16.5. The lowest BCUT2D eigenvalue weighted by atomic mass is 9.32. The van der Waals surface area contributed by atoms with Crippen LogP contribution in [0.15, 0.2) is 12.2 Å². The van der Waals surface area contributed by atoms with Crippen molar-refractivity contribution in [3.8, 4) is 0 Å². The van der Waals surface area contributed by atoms with Crippen LogP contribution in [0.2, 0.25) is 0 Å². The van der Waals surface area contributed by atoms with E-state index in [1.807, 2.05) is 6.92 Å². The molecule has 0 unspecified atom stereocenters. The van der Waals surface area contributed by atoms with Crippen molar-refractivity contribution in [2.75, 3.05) is 6.61 Å². The van der Waals surface area contributed by atoms with Crippen LogP contribution in [0.5, 0.6) is 0 Å². The van der Waals surface area contributed by atoms with Gasteiger partial charge in [-0.25, -0.2) is 0 Å². The van der Waals surface area contributed by atoms with Crippen molar-refractivity contribution in [2.24, 2.45) is 56.7 Å². The molecule has 5 heteroatoms. The first-order valence-corrected chi connectivity index (χ1v) is 14.9. The molecule has 2 N–H and O–H groups in total. The average Bonchev–Trinajstić information content (AvgIpc) is 3.22. The molecule has 5 nitrogen and oxygen atoms in total. The topological polar surface area (TPSA) is 83.8 Å². The highest BCUT2D eigenvalue weighted by Crippen LogP contribution is 2.77. The Balaban J connectivity index is 1.54. The highest BCUT2D eigenvalue weighted by Gasteiger charge is 2.72. The van der Waals surface area contributed by atoms with E-state index in [0.29, 0.717) is 36.7 Å². The van der Waals surface area contributed by atoms with Crippen molar-refractivity contribution in [1.29, 1.82) is 0 Å². The highest BCUT2D eigenvalue weighted by molar-refractivity contribution is 5.77. The van der Waals surface area contributed by atoms with Gasteiger partial charge in [0, 0.05) is 13.5 Å². The fourth-order valence-electron chi connectivity index (χ4n) is 11.9. The van der Waals surface area contributed by atoms with Gasteiger partial charge in [-0.05, 0) is 129 Å². The van der Waals surface area contributed by atoms with Crippen LogP contribution >= 0.6 is 0 Å². The maximum absolute atomic E-state index is 12.9. The summed E-state index contributed by atoms with van der Waals surface area (Å²) in [5.41, 5.74) is 0.457. The smallest absolute Gasteiger partial charge is 0.313 e. The molecule has 11 atom stereocenters. The van der Waals surface area contributed by atoms with Crippen LogP contribution in [0.4, 0.5) is 0 Å². The van der Waals surface area contributed by atoms with Gasteiger partial charge in [-0.15, -0.1) is 0 Å². The zero-order valence-corrected chi connectivity index (χ0v) is 24.1. The van der Waals surface area contributed by atoms with Crippen LogP contribution in [0.1, 0.15) is 106 Å². The van der Waals surface area contributed by atoms with Gasteiger partial charge in [0.1, 0.15) is 11.5 Å². The molecule has 37 heavy (non-hydrogen) atoms. The van der Waals surface area contributed by atoms with Crippen LogP contribution in [0.3, 0.4) is 0 Å². The van der Waals surface area contributed by atoms with Crippen molar-refractivity contribution in [1.82, 2.24) is 0 Å². The van der Waals surface area contributed by atoms with Gasteiger partial charge >= 0.3 is 11.9 Å². The molecule has 5 aliphatic carbocycles. The number of carbonyl (C=O) groups is 2. The molecule has 0 radical (unpaired) electrons. The van der Waals surface area contributed by atoms with E-state index in [2.05, 4.69) is 34.3 Å². The minimum atomic E-state index is -1.06. The first-order chi connectivity index (χ1) is 17.2. The molecule has 0 bridgehead atoms. The summed E-state index contributed by atoms with van der Waals surface area (Å²) < 4.78 is 5.68. The van der Waals surface area contributed by atoms with E-state index in [9.17, 15) is 19.8 Å². The average molecular weight is 515 g/mol. The van der Waals surface area contributed by atoms with Crippen molar-refractivity contribution < 1.29 is 24.5 Å². The van der Waals surface area contributed by atoms with Gasteiger partial charge in [-0.2, -0.15) is 0 Å². The summed E-state index contributed by atoms with van der Waals surface area (Å²) in [7, 11) is 0. The Bertz CT molecular complexity index is 990. The minimum Gasteiger partial charge on any atom is -0.481 e. The second-order valence-electron chi connectivity index (χ2n) is 14.9. The Morgan fingerprint density at radius 1 is 0.865 bits per heavy atom. The lowest BCUT2D eigenvalue weighted by molar-refractivity contribution is -0.254. The maximum Gasteiger partial charge on any atom is 0.313 e. The fraction of sp³-hybridized carbons (Fsp3) is 0.875. The monoisotopic (exact) mass is 514 g/mol. The van der Waals surface area contributed by atoms with Gasteiger partial charge < -0.3 is 14.9 Å². The minimum absolute atomic E-state index is 0.0106. The first kappa shape index (κ1) is 27.2. The van der Waals surface area contributed by atoms with Crippen LogP contribution in [-0.4, -0.2) is 34.9 Å². The summed E-state index contributed by atoms with van der Waals surface area (Å²) in [5, 5.41) is 21.2. The predicted molar refractivity (Wildman–Crippen MR) is 144 cm³/mol. The Hall–Kier alpha value is -1.36. The number of fused-ring (bicyclic) bond motifs is 7. The Morgan fingerprint density at radius 3 is 2.16 bits per heavy atom. The Morgan fingerprint density at radius 2 is 1.57 bits per heavy atom. The predicted octanol–water partition coefficient (Wildman–Crippen LogP) is 6.63. The van der Waals surface area contributed by atoms with Gasteiger partial charge in [0.25, 0.3) is 0 Å². The van der Waals surface area contributed by atoms with Gasteiger partial charge in [0.05, 0.1) is 0 Å². The molecule has 0 aromatic heterocycles. The van der Waals surface area contributed by atoms with Crippen molar-refractivity contribution >= 4 is 11.9 Å². The summed E-state index contributed by atoms with van der Waals surface area (Å²) in [6.45, 7) is 17.6. The molecule has 0 amide bonds. The van der Waals surface area contributed by atoms with E-state index < -0.39 is 17.5 Å². The molecular weight excluding hydrogens is 464 g/mol. The number of carbonyl (C=O) groups excluding carboxylic acids is 1. The van der Waals surface area contributed by atoms with Gasteiger partial charge in [-0.3, -0.25) is 9.59 Å². The molecule has 5 saturated carbocycles. The molecule has 0 aromatic carbocycles. The summed E-state index contributed by atoms with van der Waals surface area (Å²) in [6.07, 6.45) is 9.66. The molecular formula is C32H50O5. The molecule has 5 fully saturated rings. The standard InChI is InChI=1S/C32H50O5/c1-19(2)21-10-15-32(18-33)17-16-29(5)22(26(21)32)8-9-23-28(4)13-12-25(37-20(3)34)31(7,27(35)36)24(28)11-14-30(23,29)6/h21-26,33H,1,8-18H2,2-7H3,(H,35,36)/t21-,22+,23+,24+,25-,26+,28+,29+,30+,31+,32+/m0/s1. The third kappa shape index (κ3) is 3.37. The summed E-state index contributed by atoms with van der Waals surface area (Å²) >= 11 is 0. The lowest BCUT2D eigenvalue weighted by Gasteiger charge is -2.72. The van der Waals surface area contributed by atoms with Gasteiger partial charge in [-0.1, -0.05) is 32.9 Å². The van der Waals surface area contributed by atoms with E-state index in [-0.39, 0.29) is 33.5 Å². The third-order valence-electron chi connectivity index (χ3n) is 13.9. The van der Waals surface area contributed by atoms with Crippen molar-refractivity contribution in [3.63, 3.8) is 0 Å². The van der Waals surface area contributed by atoms with E-state index in [1.54, 1.807) is 0 Å². The molecule has 208 valence electrons. The summed E-state index contributed by atoms with van der Waals surface area (Å²) in [4.78, 5) is 24.8. The van der Waals surface area contributed by atoms with Crippen molar-refractivity contribution in [3.05, 3.63) is 12.2 Å². The number of hydrogen-bond donors (Lipinski definition) is 2. The number of allylic oxidation sites excluding steroid dienone is 1. The fourth-order valence-corrected chi connectivity index (χ4v) is 11.9. The SMILES string of the molecule is C=C(C)[C@@H]1CC[C@]2(CO)CC[C@]3(C)[C@H](CC[C@@H]4[C@@]5(C)CC[C@H](OC(C)=O)[C@](C)(C(=O)O)[C@@H]5CC[C@]43C)[C@@H]12. The summed E-state index contributed by atoms with van der Waals surface area (Å²) in [5.74, 6) is 0.806. The van der Waals surface area contributed by atoms with Crippen LogP contribution in [-0.2, 0) is 14.3 Å². The molecule has 0 spiro atoms. The van der Waals surface area contributed by atoms with E-state index in [1.165, 1.54) is 12.5 Å². The molecule has 0 heterocycles. The Labute approximate surface area is 223 Å². The number of ether oxygens (including phenoxy) is 1. The summed E-state index contributed by atoms with van der Waals surface area (Å²) in [6, 6.07) is 0. The van der Waals surface area contributed by atoms with E-state index in [0.717, 1.165) is 57.8 Å². The van der Waals surface area contributed by atoms with Gasteiger partial charge in [0.15, 0.2) is 0 Å². The third-order valence-corrected chi connectivity index (χ3v) is 13.9. The number of aliphatic carboxylic acids is 1. The zero-order chi connectivity index (χ0) is 27.2. The van der Waals surface area contributed by atoms with Crippen molar-refractivity contribution in [2.45, 2.75) is 112 Å². The van der Waals surface area contributed by atoms with E-state index >= 15 is 0 Å². The number of carboxylic acids is 1. The first-order valence-electron chi connectivity index (χ1n) is 14.9. The van der Waals surface area contributed by atoms with E-state index in [4.69, 9.17) is 4.74 Å². The second-order valence-corrected chi connectivity index (χ2v) is 14.9. The molecule has 0 aliphatic heterocycles. The van der Waals surface area contributed by atoms with Gasteiger partial charge in [0.2, 0.25) is 0 Å². The van der Waals surface area contributed by atoms with Crippen LogP contribution < -0.4 is 0 Å². The quantitative estimate of drug-likeness (QED) is 0.325. The molecule has 5 aliphatic rings. The number of rotatable bonds is 4. The number of aliphatic hydroxyl groups is 1. The molecule has 0 saturated heterocycles. The van der Waals surface area contributed by atoms with Crippen LogP contribution in [0, 0.1) is 56.7 Å². The molecule has 5 rings (SSSR count). The maximum atomic E-state index is 12.9. The lowest BCUT2D eigenvalue weighted by Crippen LogP contribution is -2.68.